The van der Waals surface area contributed by atoms with Gasteiger partial charge in [0.25, 0.3) is 0 Å². The minimum atomic E-state index is 0.0669. The number of phenols is 2. The lowest BCUT2D eigenvalue weighted by Crippen LogP contribution is -1.84. The van der Waals surface area contributed by atoms with Crippen molar-refractivity contribution in [3.8, 4) is 47.3 Å². The largest absolute Gasteiger partial charge is 0.507 e. The first-order valence-corrected chi connectivity index (χ1v) is 5.25. The molecule has 0 atom stereocenters. The summed E-state index contributed by atoms with van der Waals surface area (Å²) in [6.07, 6.45) is 10.6. The van der Waals surface area contributed by atoms with Crippen LogP contribution < -0.4 is 0 Å². The van der Waals surface area contributed by atoms with Gasteiger partial charge in [0.1, 0.15) is 11.5 Å². The summed E-state index contributed by atoms with van der Waals surface area (Å²) in [4.78, 5) is 0. The summed E-state index contributed by atoms with van der Waals surface area (Å²) in [5.74, 6) is 4.95. The number of benzene rings is 2. The lowest BCUT2D eigenvalue weighted by molar-refractivity contribution is 0.473. The van der Waals surface area contributed by atoms with E-state index in [2.05, 4.69) is 11.8 Å². The van der Waals surface area contributed by atoms with Crippen molar-refractivity contribution in [2.45, 2.75) is 0 Å². The summed E-state index contributed by atoms with van der Waals surface area (Å²) < 4.78 is 0. The molecule has 86 valence electrons. The van der Waals surface area contributed by atoms with Crippen LogP contribution in [-0.2, 0) is 0 Å². The molecule has 0 radical (unpaired) electrons. The summed E-state index contributed by atoms with van der Waals surface area (Å²) in [5.41, 5.74) is 2.50. The van der Waals surface area contributed by atoms with Crippen molar-refractivity contribution < 1.29 is 10.2 Å². The second kappa shape index (κ2) is 4.57. The number of phenolic OH excluding ortho intramolecular Hbond substituents is 2. The summed E-state index contributed by atoms with van der Waals surface area (Å²) in [6, 6.07) is 9.94. The van der Waals surface area contributed by atoms with Gasteiger partial charge in [0, 0.05) is 0 Å². The van der Waals surface area contributed by atoms with Gasteiger partial charge in [0.2, 0.25) is 0 Å². The molecule has 18 heavy (non-hydrogen) atoms. The van der Waals surface area contributed by atoms with E-state index in [9.17, 15) is 10.2 Å². The second-order valence-corrected chi connectivity index (χ2v) is 3.75. The molecule has 0 bridgehead atoms. The molecule has 0 saturated heterocycles. The van der Waals surface area contributed by atoms with Gasteiger partial charge in [0.15, 0.2) is 0 Å². The Balaban J connectivity index is 2.57. The van der Waals surface area contributed by atoms with Gasteiger partial charge in [-0.3, -0.25) is 0 Å². The van der Waals surface area contributed by atoms with Crippen molar-refractivity contribution in [1.29, 1.82) is 0 Å². The fourth-order valence-electron chi connectivity index (χ4n) is 1.66. The first-order chi connectivity index (χ1) is 8.65. The zero-order chi connectivity index (χ0) is 13.1. The molecule has 0 aromatic heterocycles. The molecule has 0 saturated carbocycles. The van der Waals surface area contributed by atoms with Crippen LogP contribution in [0.15, 0.2) is 36.4 Å². The molecular formula is C16H10O2. The Morgan fingerprint density at radius 2 is 1.11 bits per heavy atom. The minimum absolute atomic E-state index is 0.0669. The molecule has 2 N–H and O–H groups in total. The average Bonchev–Trinajstić information content (AvgIpc) is 2.40. The van der Waals surface area contributed by atoms with Crippen LogP contribution in [0, 0.1) is 24.7 Å². The van der Waals surface area contributed by atoms with Crippen molar-refractivity contribution in [3.63, 3.8) is 0 Å². The molecule has 2 rings (SSSR count). The number of hydrogen-bond donors (Lipinski definition) is 2. The van der Waals surface area contributed by atoms with Gasteiger partial charge in [-0.2, -0.15) is 0 Å². The van der Waals surface area contributed by atoms with E-state index >= 15 is 0 Å². The molecular weight excluding hydrogens is 224 g/mol. The van der Waals surface area contributed by atoms with Crippen LogP contribution in [0.5, 0.6) is 11.5 Å². The summed E-state index contributed by atoms with van der Waals surface area (Å²) in [7, 11) is 0. The Morgan fingerprint density at radius 3 is 1.44 bits per heavy atom. The number of rotatable bonds is 1. The molecule has 2 heteroatoms. The van der Waals surface area contributed by atoms with Gasteiger partial charge < -0.3 is 10.2 Å². The fraction of sp³-hybridized carbons (Fsp3) is 0. The molecule has 0 fully saturated rings. The lowest BCUT2D eigenvalue weighted by atomic mass is 10.0. The zero-order valence-corrected chi connectivity index (χ0v) is 9.51. The van der Waals surface area contributed by atoms with E-state index in [4.69, 9.17) is 12.8 Å². The molecule has 0 heterocycles. The maximum Gasteiger partial charge on any atom is 0.131 e. The van der Waals surface area contributed by atoms with Crippen LogP contribution >= 0.6 is 0 Å². The molecule has 0 unspecified atom stereocenters. The molecule has 0 amide bonds. The van der Waals surface area contributed by atoms with E-state index in [1.165, 1.54) is 12.1 Å². The van der Waals surface area contributed by atoms with Crippen molar-refractivity contribution in [3.05, 3.63) is 47.5 Å². The molecule has 2 aromatic rings. The van der Waals surface area contributed by atoms with Crippen molar-refractivity contribution >= 4 is 0 Å². The molecule has 0 aliphatic carbocycles. The molecule has 0 aliphatic heterocycles. The van der Waals surface area contributed by atoms with Crippen LogP contribution in [0.4, 0.5) is 0 Å². The SMILES string of the molecule is C#Cc1cc(-c2ccc(O)c(C#C)c2)ccc1O. The molecule has 0 aliphatic rings. The highest BCUT2D eigenvalue weighted by molar-refractivity contribution is 5.70. The number of aromatic hydroxyl groups is 2. The number of hydrogen-bond acceptors (Lipinski definition) is 2. The van der Waals surface area contributed by atoms with Crippen LogP contribution in [0.3, 0.4) is 0 Å². The molecule has 2 nitrogen and oxygen atoms in total. The predicted molar refractivity (Wildman–Crippen MR) is 71.1 cm³/mol. The third-order valence-corrected chi connectivity index (χ3v) is 2.64. The topological polar surface area (TPSA) is 40.5 Å². The Bertz CT molecular complexity index is 624. The van der Waals surface area contributed by atoms with E-state index in [1.54, 1.807) is 24.3 Å². The summed E-state index contributed by atoms with van der Waals surface area (Å²) in [5, 5.41) is 19.0. The summed E-state index contributed by atoms with van der Waals surface area (Å²) >= 11 is 0. The van der Waals surface area contributed by atoms with Gasteiger partial charge in [-0.1, -0.05) is 24.0 Å². The van der Waals surface area contributed by atoms with Gasteiger partial charge in [0.05, 0.1) is 11.1 Å². The third kappa shape index (κ3) is 2.00. The van der Waals surface area contributed by atoms with E-state index in [-0.39, 0.29) is 11.5 Å². The van der Waals surface area contributed by atoms with Crippen LogP contribution in [-0.4, -0.2) is 10.2 Å². The van der Waals surface area contributed by atoms with Gasteiger partial charge in [-0.15, -0.1) is 12.8 Å². The highest BCUT2D eigenvalue weighted by atomic mass is 16.3. The maximum atomic E-state index is 9.51. The lowest BCUT2D eigenvalue weighted by Gasteiger charge is -2.06. The van der Waals surface area contributed by atoms with Crippen LogP contribution in [0.25, 0.3) is 11.1 Å². The highest BCUT2D eigenvalue weighted by Crippen LogP contribution is 2.28. The standard InChI is InChI=1S/C16H10O2/c1-3-11-9-13(5-7-15(11)17)14-6-8-16(18)12(4-2)10-14/h1-2,5-10,17-18H. The Hall–Kier alpha value is -2.84. The van der Waals surface area contributed by atoms with E-state index in [0.29, 0.717) is 11.1 Å². The quantitative estimate of drug-likeness (QED) is 0.745. The van der Waals surface area contributed by atoms with Gasteiger partial charge in [-0.25, -0.2) is 0 Å². The van der Waals surface area contributed by atoms with Crippen LogP contribution in [0.2, 0.25) is 0 Å². The van der Waals surface area contributed by atoms with E-state index in [0.717, 1.165) is 11.1 Å². The van der Waals surface area contributed by atoms with Crippen molar-refractivity contribution in [2.75, 3.05) is 0 Å². The number of terminal acetylenes is 2. The minimum Gasteiger partial charge on any atom is -0.507 e. The van der Waals surface area contributed by atoms with E-state index in [1.807, 2.05) is 0 Å². The van der Waals surface area contributed by atoms with Gasteiger partial charge in [-0.05, 0) is 35.4 Å². The zero-order valence-electron chi connectivity index (χ0n) is 9.51. The molecule has 2 aromatic carbocycles. The Kier molecular flexibility index (Phi) is 2.96. The Labute approximate surface area is 106 Å². The monoisotopic (exact) mass is 234 g/mol. The van der Waals surface area contributed by atoms with Crippen LogP contribution in [0.1, 0.15) is 11.1 Å². The first kappa shape index (κ1) is 11.6. The second-order valence-electron chi connectivity index (χ2n) is 3.75. The third-order valence-electron chi connectivity index (χ3n) is 2.64. The van der Waals surface area contributed by atoms with Crippen molar-refractivity contribution in [1.82, 2.24) is 0 Å². The smallest absolute Gasteiger partial charge is 0.131 e. The molecule has 0 spiro atoms. The Morgan fingerprint density at radius 1 is 0.722 bits per heavy atom. The predicted octanol–water partition coefficient (Wildman–Crippen LogP) is 2.73. The van der Waals surface area contributed by atoms with Crippen molar-refractivity contribution in [2.24, 2.45) is 0 Å². The normalized spacial score (nSPS) is 9.44. The highest BCUT2D eigenvalue weighted by Gasteiger charge is 2.05. The first-order valence-electron chi connectivity index (χ1n) is 5.25. The summed E-state index contributed by atoms with van der Waals surface area (Å²) in [6.45, 7) is 0. The van der Waals surface area contributed by atoms with Gasteiger partial charge >= 0.3 is 0 Å². The fourth-order valence-corrected chi connectivity index (χ4v) is 1.66. The van der Waals surface area contributed by atoms with E-state index < -0.39 is 0 Å². The average molecular weight is 234 g/mol. The maximum absolute atomic E-state index is 9.51.